The van der Waals surface area contributed by atoms with Crippen LogP contribution in [0.3, 0.4) is 0 Å². The van der Waals surface area contributed by atoms with Crippen LogP contribution in [-0.2, 0) is 4.79 Å². The van der Waals surface area contributed by atoms with Gasteiger partial charge in [0.1, 0.15) is 5.60 Å². The van der Waals surface area contributed by atoms with E-state index in [0.717, 1.165) is 58.3 Å². The Kier molecular flexibility index (Phi) is 4.26. The quantitative estimate of drug-likeness (QED) is 0.694. The van der Waals surface area contributed by atoms with Crippen molar-refractivity contribution in [3.63, 3.8) is 0 Å². The van der Waals surface area contributed by atoms with Gasteiger partial charge >= 0.3 is 0 Å². The van der Waals surface area contributed by atoms with Crippen molar-refractivity contribution in [3.8, 4) is 0 Å². The first-order chi connectivity index (χ1) is 10.1. The van der Waals surface area contributed by atoms with E-state index in [1.165, 1.54) is 0 Å². The number of aliphatic hydroxyl groups excluding tert-OH is 1. The second-order valence-corrected chi connectivity index (χ2v) is 7.23. The molecule has 0 aromatic carbocycles. The summed E-state index contributed by atoms with van der Waals surface area (Å²) in [6.45, 7) is 3.59. The van der Waals surface area contributed by atoms with E-state index < -0.39 is 5.60 Å². The summed E-state index contributed by atoms with van der Waals surface area (Å²) in [4.78, 5) is 14.4. The molecule has 5 heteroatoms. The highest BCUT2D eigenvalue weighted by Crippen LogP contribution is 2.44. The highest BCUT2D eigenvalue weighted by molar-refractivity contribution is 5.85. The number of likely N-dealkylation sites (tertiary alicyclic amines) is 1. The third-order valence-corrected chi connectivity index (χ3v) is 6.15. The molecule has 0 unspecified atom stereocenters. The second-order valence-electron chi connectivity index (χ2n) is 7.23. The predicted octanol–water partition coefficient (Wildman–Crippen LogP) is 0.502. The van der Waals surface area contributed by atoms with Crippen LogP contribution in [0, 0.1) is 11.3 Å². The molecule has 0 aromatic heterocycles. The molecule has 3 rings (SSSR count). The van der Waals surface area contributed by atoms with Gasteiger partial charge in [0.05, 0.1) is 0 Å². The Morgan fingerprint density at radius 2 is 1.81 bits per heavy atom. The van der Waals surface area contributed by atoms with E-state index in [1.807, 2.05) is 4.90 Å². The number of aliphatic hydroxyl groups is 2. The first-order valence-corrected chi connectivity index (χ1v) is 8.43. The third kappa shape index (κ3) is 2.71. The zero-order valence-electron chi connectivity index (χ0n) is 12.8. The summed E-state index contributed by atoms with van der Waals surface area (Å²) in [7, 11) is 0. The van der Waals surface area contributed by atoms with Crippen molar-refractivity contribution in [1.29, 1.82) is 0 Å². The minimum absolute atomic E-state index is 0.0515. The minimum Gasteiger partial charge on any atom is -0.396 e. The second kappa shape index (κ2) is 5.86. The number of rotatable bonds is 2. The molecule has 1 spiro atoms. The van der Waals surface area contributed by atoms with Gasteiger partial charge in [-0.15, -0.1) is 0 Å². The van der Waals surface area contributed by atoms with Crippen LogP contribution in [0.15, 0.2) is 0 Å². The predicted molar refractivity (Wildman–Crippen MR) is 79.7 cm³/mol. The number of carbonyl (C=O) groups is 1. The van der Waals surface area contributed by atoms with Crippen molar-refractivity contribution < 1.29 is 15.0 Å². The Labute approximate surface area is 126 Å². The standard InChI is InChI=1S/C16H28N2O3/c19-12-13-11-17-8-5-15(13)6-9-18(10-7-15)14(20)16(21)3-1-2-4-16/h13,17,19,21H,1-12H2/t13-/m1/s1. The number of carbonyl (C=O) groups excluding carboxylic acids is 1. The van der Waals surface area contributed by atoms with Crippen molar-refractivity contribution in [3.05, 3.63) is 0 Å². The van der Waals surface area contributed by atoms with Crippen LogP contribution in [0.5, 0.6) is 0 Å². The number of hydrogen-bond acceptors (Lipinski definition) is 4. The van der Waals surface area contributed by atoms with Gasteiger partial charge in [0.15, 0.2) is 0 Å². The molecule has 2 aliphatic heterocycles. The molecule has 21 heavy (non-hydrogen) atoms. The zero-order valence-corrected chi connectivity index (χ0v) is 12.8. The van der Waals surface area contributed by atoms with E-state index in [1.54, 1.807) is 0 Å². The first kappa shape index (κ1) is 15.3. The maximum atomic E-state index is 12.6. The fraction of sp³-hybridized carbons (Fsp3) is 0.938. The maximum Gasteiger partial charge on any atom is 0.254 e. The zero-order chi connectivity index (χ0) is 14.9. The van der Waals surface area contributed by atoms with Crippen LogP contribution < -0.4 is 5.32 Å². The smallest absolute Gasteiger partial charge is 0.254 e. The Bertz CT molecular complexity index is 385. The molecular formula is C16H28N2O3. The van der Waals surface area contributed by atoms with Crippen molar-refractivity contribution >= 4 is 5.91 Å². The van der Waals surface area contributed by atoms with Gasteiger partial charge in [-0.3, -0.25) is 4.79 Å². The van der Waals surface area contributed by atoms with E-state index in [0.29, 0.717) is 18.8 Å². The van der Waals surface area contributed by atoms with E-state index in [-0.39, 0.29) is 17.9 Å². The molecule has 5 nitrogen and oxygen atoms in total. The normalized spacial score (nSPS) is 31.5. The monoisotopic (exact) mass is 296 g/mol. The van der Waals surface area contributed by atoms with Crippen molar-refractivity contribution in [2.24, 2.45) is 11.3 Å². The van der Waals surface area contributed by atoms with Crippen LogP contribution in [0.2, 0.25) is 0 Å². The fourth-order valence-corrected chi connectivity index (χ4v) is 4.57. The average molecular weight is 296 g/mol. The largest absolute Gasteiger partial charge is 0.396 e. The van der Waals surface area contributed by atoms with Gasteiger partial charge in [-0.25, -0.2) is 0 Å². The van der Waals surface area contributed by atoms with E-state index in [2.05, 4.69) is 5.32 Å². The molecule has 0 bridgehead atoms. The lowest BCUT2D eigenvalue weighted by molar-refractivity contribution is -0.154. The molecule has 1 aliphatic carbocycles. The Morgan fingerprint density at radius 3 is 2.43 bits per heavy atom. The van der Waals surface area contributed by atoms with Crippen LogP contribution in [0.4, 0.5) is 0 Å². The molecule has 2 heterocycles. The van der Waals surface area contributed by atoms with Gasteiger partial charge in [-0.2, -0.15) is 0 Å². The van der Waals surface area contributed by atoms with Crippen molar-refractivity contribution in [2.75, 3.05) is 32.8 Å². The minimum atomic E-state index is -1.09. The molecule has 3 aliphatic rings. The van der Waals surface area contributed by atoms with E-state index >= 15 is 0 Å². The van der Waals surface area contributed by atoms with Gasteiger partial charge < -0.3 is 20.4 Å². The Balaban J connectivity index is 1.63. The molecule has 3 N–H and O–H groups in total. The van der Waals surface area contributed by atoms with Crippen molar-refractivity contribution in [2.45, 2.75) is 50.5 Å². The molecule has 2 saturated heterocycles. The number of hydrogen-bond donors (Lipinski definition) is 3. The molecule has 0 radical (unpaired) electrons. The van der Waals surface area contributed by atoms with Crippen molar-refractivity contribution in [1.82, 2.24) is 10.2 Å². The average Bonchev–Trinajstić information content (AvgIpc) is 2.96. The molecule has 1 amide bonds. The summed E-state index contributed by atoms with van der Waals surface area (Å²) in [5.74, 6) is 0.252. The summed E-state index contributed by atoms with van der Waals surface area (Å²) in [5, 5.41) is 23.5. The number of nitrogens with zero attached hydrogens (tertiary/aromatic N) is 1. The fourth-order valence-electron chi connectivity index (χ4n) is 4.57. The van der Waals surface area contributed by atoms with Crippen LogP contribution in [0.25, 0.3) is 0 Å². The SMILES string of the molecule is O=C(N1CCC2(CCNC[C@@H]2CO)CC1)C1(O)CCCC1. The van der Waals surface area contributed by atoms with Crippen LogP contribution >= 0.6 is 0 Å². The lowest BCUT2D eigenvalue weighted by Crippen LogP contribution is -2.56. The molecule has 1 saturated carbocycles. The highest BCUT2D eigenvalue weighted by atomic mass is 16.3. The third-order valence-electron chi connectivity index (χ3n) is 6.15. The summed E-state index contributed by atoms with van der Waals surface area (Å²) in [5.41, 5.74) is -0.899. The number of piperidine rings is 2. The Hall–Kier alpha value is -0.650. The molecule has 3 fully saturated rings. The number of nitrogens with one attached hydrogen (secondary N) is 1. The van der Waals surface area contributed by atoms with E-state index in [4.69, 9.17) is 0 Å². The summed E-state index contributed by atoms with van der Waals surface area (Å²) in [6, 6.07) is 0. The molecule has 1 atom stereocenters. The van der Waals surface area contributed by atoms with Gasteiger partial charge in [0.25, 0.3) is 5.91 Å². The number of amides is 1. The summed E-state index contributed by atoms with van der Waals surface area (Å²) in [6.07, 6.45) is 6.16. The Morgan fingerprint density at radius 1 is 1.14 bits per heavy atom. The lowest BCUT2D eigenvalue weighted by atomic mass is 9.65. The van der Waals surface area contributed by atoms with Gasteiger partial charge in [-0.1, -0.05) is 0 Å². The van der Waals surface area contributed by atoms with Gasteiger partial charge in [-0.05, 0) is 56.9 Å². The van der Waals surface area contributed by atoms with Gasteiger partial charge in [0.2, 0.25) is 0 Å². The first-order valence-electron chi connectivity index (χ1n) is 8.43. The molecular weight excluding hydrogens is 268 g/mol. The maximum absolute atomic E-state index is 12.6. The topological polar surface area (TPSA) is 72.8 Å². The summed E-state index contributed by atoms with van der Waals surface area (Å²) >= 11 is 0. The van der Waals surface area contributed by atoms with Crippen LogP contribution in [0.1, 0.15) is 44.9 Å². The van der Waals surface area contributed by atoms with E-state index in [9.17, 15) is 15.0 Å². The summed E-state index contributed by atoms with van der Waals surface area (Å²) < 4.78 is 0. The molecule has 120 valence electrons. The van der Waals surface area contributed by atoms with Crippen LogP contribution in [-0.4, -0.2) is 59.4 Å². The molecule has 0 aromatic rings. The lowest BCUT2D eigenvalue weighted by Gasteiger charge is -2.49. The van der Waals surface area contributed by atoms with Gasteiger partial charge in [0, 0.05) is 32.2 Å². The highest BCUT2D eigenvalue weighted by Gasteiger charge is 2.47.